The monoisotopic (exact) mass is 373 g/mol. The Balaban J connectivity index is 1.76. The van der Waals surface area contributed by atoms with E-state index in [1.807, 2.05) is 18.2 Å². The van der Waals surface area contributed by atoms with Crippen LogP contribution in [0, 0.1) is 6.92 Å². The maximum Gasteiger partial charge on any atom is 0.243 e. The fraction of sp³-hybridized carbons (Fsp3) is 0.316. The molecule has 0 aliphatic carbocycles. The van der Waals surface area contributed by atoms with Gasteiger partial charge in [0, 0.05) is 17.4 Å². The standard InChI is InChI=1S/C19H23N3O3S/c1-13-8-9-16(11-18(13)26(24,25)20-3)21-19(23)12-22-14(2)10-15-6-4-5-7-17(15)22/h4-9,11,14,20H,10,12H2,1-3H3,(H,21,23)/t14-/m0/s1. The number of fused-ring (bicyclic) bond motifs is 1. The SMILES string of the molecule is CNS(=O)(=O)c1cc(NC(=O)CN2c3ccccc3C[C@@H]2C)ccc1C. The van der Waals surface area contributed by atoms with E-state index >= 15 is 0 Å². The number of aryl methyl sites for hydroxylation is 1. The number of anilines is 2. The molecule has 2 N–H and O–H groups in total. The number of carbonyl (C=O) groups excluding carboxylic acids is 1. The summed E-state index contributed by atoms with van der Waals surface area (Å²) < 4.78 is 26.5. The Morgan fingerprint density at radius 1 is 1.23 bits per heavy atom. The summed E-state index contributed by atoms with van der Waals surface area (Å²) in [6.45, 7) is 4.04. The molecule has 0 bridgehead atoms. The Kier molecular flexibility index (Phi) is 5.02. The Labute approximate surface area is 154 Å². The molecule has 0 aromatic heterocycles. The predicted molar refractivity (Wildman–Crippen MR) is 103 cm³/mol. The number of nitrogens with zero attached hydrogens (tertiary/aromatic N) is 1. The first-order chi connectivity index (χ1) is 12.3. The maximum atomic E-state index is 12.5. The zero-order valence-electron chi connectivity index (χ0n) is 15.1. The van der Waals surface area contributed by atoms with Crippen LogP contribution in [0.1, 0.15) is 18.1 Å². The number of rotatable bonds is 5. The van der Waals surface area contributed by atoms with Crippen molar-refractivity contribution in [1.82, 2.24) is 4.72 Å². The van der Waals surface area contributed by atoms with Crippen molar-refractivity contribution in [1.29, 1.82) is 0 Å². The third-order valence-corrected chi connectivity index (χ3v) is 6.25. The summed E-state index contributed by atoms with van der Waals surface area (Å²) >= 11 is 0. The summed E-state index contributed by atoms with van der Waals surface area (Å²) in [7, 11) is -2.20. The number of hydrogen-bond acceptors (Lipinski definition) is 4. The van der Waals surface area contributed by atoms with Crippen molar-refractivity contribution < 1.29 is 13.2 Å². The molecular formula is C19H23N3O3S. The third-order valence-electron chi connectivity index (χ3n) is 4.69. The number of amides is 1. The van der Waals surface area contributed by atoms with E-state index in [-0.39, 0.29) is 23.4 Å². The number of para-hydroxylation sites is 1. The van der Waals surface area contributed by atoms with Crippen molar-refractivity contribution in [3.63, 3.8) is 0 Å². The van der Waals surface area contributed by atoms with Gasteiger partial charge in [0.25, 0.3) is 0 Å². The van der Waals surface area contributed by atoms with E-state index in [9.17, 15) is 13.2 Å². The molecule has 3 rings (SSSR count). The van der Waals surface area contributed by atoms with Gasteiger partial charge < -0.3 is 10.2 Å². The highest BCUT2D eigenvalue weighted by Crippen LogP contribution is 2.31. The lowest BCUT2D eigenvalue weighted by Crippen LogP contribution is -2.37. The number of carbonyl (C=O) groups is 1. The topological polar surface area (TPSA) is 78.5 Å². The van der Waals surface area contributed by atoms with Gasteiger partial charge >= 0.3 is 0 Å². The lowest BCUT2D eigenvalue weighted by molar-refractivity contribution is -0.115. The van der Waals surface area contributed by atoms with E-state index in [0.29, 0.717) is 11.3 Å². The normalized spacial score (nSPS) is 16.4. The van der Waals surface area contributed by atoms with Gasteiger partial charge in [0.1, 0.15) is 0 Å². The van der Waals surface area contributed by atoms with Crippen LogP contribution in [0.3, 0.4) is 0 Å². The second kappa shape index (κ2) is 7.09. The van der Waals surface area contributed by atoms with Crippen LogP contribution in [0.15, 0.2) is 47.4 Å². The van der Waals surface area contributed by atoms with Gasteiger partial charge in [0.15, 0.2) is 0 Å². The van der Waals surface area contributed by atoms with Gasteiger partial charge in [-0.1, -0.05) is 24.3 Å². The molecule has 0 saturated carbocycles. The van der Waals surface area contributed by atoms with Crippen molar-refractivity contribution in [3.8, 4) is 0 Å². The summed E-state index contributed by atoms with van der Waals surface area (Å²) in [5.74, 6) is -0.176. The van der Waals surface area contributed by atoms with Gasteiger partial charge in [0.2, 0.25) is 15.9 Å². The molecule has 0 radical (unpaired) electrons. The highest BCUT2D eigenvalue weighted by atomic mass is 32.2. The Morgan fingerprint density at radius 3 is 2.69 bits per heavy atom. The zero-order valence-corrected chi connectivity index (χ0v) is 15.9. The van der Waals surface area contributed by atoms with Crippen molar-refractivity contribution in [2.24, 2.45) is 0 Å². The molecule has 26 heavy (non-hydrogen) atoms. The van der Waals surface area contributed by atoms with Crippen molar-refractivity contribution in [3.05, 3.63) is 53.6 Å². The lowest BCUT2D eigenvalue weighted by Gasteiger charge is -2.24. The van der Waals surface area contributed by atoms with Crippen LogP contribution < -0.4 is 14.9 Å². The molecule has 0 saturated heterocycles. The van der Waals surface area contributed by atoms with Gasteiger partial charge in [-0.2, -0.15) is 0 Å². The van der Waals surface area contributed by atoms with E-state index in [1.54, 1.807) is 19.1 Å². The molecule has 138 valence electrons. The van der Waals surface area contributed by atoms with Crippen LogP contribution in [0.2, 0.25) is 0 Å². The lowest BCUT2D eigenvalue weighted by atomic mass is 10.1. The van der Waals surface area contributed by atoms with Crippen LogP contribution in [-0.2, 0) is 21.2 Å². The molecule has 2 aromatic rings. The summed E-state index contributed by atoms with van der Waals surface area (Å²) in [5.41, 5.74) is 3.41. The van der Waals surface area contributed by atoms with E-state index in [1.165, 1.54) is 18.7 Å². The molecule has 1 heterocycles. The molecular weight excluding hydrogens is 350 g/mol. The van der Waals surface area contributed by atoms with E-state index in [4.69, 9.17) is 0 Å². The molecule has 0 spiro atoms. The van der Waals surface area contributed by atoms with E-state index < -0.39 is 10.0 Å². The fourth-order valence-corrected chi connectivity index (χ4v) is 4.30. The molecule has 1 amide bonds. The second-order valence-corrected chi connectivity index (χ2v) is 8.40. The molecule has 1 aliphatic heterocycles. The average Bonchev–Trinajstić information content (AvgIpc) is 2.92. The third kappa shape index (κ3) is 3.59. The van der Waals surface area contributed by atoms with Gasteiger partial charge in [-0.15, -0.1) is 0 Å². The van der Waals surface area contributed by atoms with E-state index in [2.05, 4.69) is 27.9 Å². The molecule has 7 heteroatoms. The summed E-state index contributed by atoms with van der Waals surface area (Å²) in [4.78, 5) is 14.8. The quantitative estimate of drug-likeness (QED) is 0.843. The summed E-state index contributed by atoms with van der Waals surface area (Å²) in [6.07, 6.45) is 0.915. The number of nitrogens with one attached hydrogen (secondary N) is 2. The largest absolute Gasteiger partial charge is 0.359 e. The minimum atomic E-state index is -3.57. The Hall–Kier alpha value is -2.38. The molecule has 6 nitrogen and oxygen atoms in total. The number of hydrogen-bond donors (Lipinski definition) is 2. The number of sulfonamides is 1. The molecule has 1 atom stereocenters. The molecule has 1 aliphatic rings. The predicted octanol–water partition coefficient (Wildman–Crippen LogP) is 2.29. The van der Waals surface area contributed by atoms with Crippen molar-refractivity contribution in [2.75, 3.05) is 23.8 Å². The molecule has 0 unspecified atom stereocenters. The number of benzene rings is 2. The highest BCUT2D eigenvalue weighted by molar-refractivity contribution is 7.89. The fourth-order valence-electron chi connectivity index (χ4n) is 3.30. The first-order valence-electron chi connectivity index (χ1n) is 8.50. The van der Waals surface area contributed by atoms with Gasteiger partial charge in [-0.25, -0.2) is 13.1 Å². The zero-order chi connectivity index (χ0) is 18.9. The van der Waals surface area contributed by atoms with Crippen LogP contribution in [0.25, 0.3) is 0 Å². The molecule has 2 aromatic carbocycles. The minimum Gasteiger partial charge on any atom is -0.359 e. The Bertz CT molecular complexity index is 941. The van der Waals surface area contributed by atoms with Gasteiger partial charge in [-0.3, -0.25) is 4.79 Å². The summed E-state index contributed by atoms with van der Waals surface area (Å²) in [6, 6.07) is 13.2. The van der Waals surface area contributed by atoms with E-state index in [0.717, 1.165) is 12.1 Å². The van der Waals surface area contributed by atoms with Crippen LogP contribution in [0.4, 0.5) is 11.4 Å². The Morgan fingerprint density at radius 2 is 1.96 bits per heavy atom. The van der Waals surface area contributed by atoms with Crippen LogP contribution in [-0.4, -0.2) is 34.0 Å². The average molecular weight is 373 g/mol. The molecule has 0 fully saturated rings. The smallest absolute Gasteiger partial charge is 0.243 e. The second-order valence-electron chi connectivity index (χ2n) is 6.55. The van der Waals surface area contributed by atoms with Gasteiger partial charge in [0.05, 0.1) is 11.4 Å². The highest BCUT2D eigenvalue weighted by Gasteiger charge is 2.27. The van der Waals surface area contributed by atoms with Crippen LogP contribution >= 0.6 is 0 Å². The minimum absolute atomic E-state index is 0.165. The van der Waals surface area contributed by atoms with Crippen molar-refractivity contribution in [2.45, 2.75) is 31.2 Å². The first-order valence-corrected chi connectivity index (χ1v) is 9.98. The van der Waals surface area contributed by atoms with Crippen molar-refractivity contribution >= 4 is 27.3 Å². The first kappa shape index (κ1) is 18.4. The van der Waals surface area contributed by atoms with Gasteiger partial charge in [-0.05, 0) is 56.6 Å². The van der Waals surface area contributed by atoms with Crippen LogP contribution in [0.5, 0.6) is 0 Å². The summed E-state index contributed by atoms with van der Waals surface area (Å²) in [5, 5.41) is 2.81. The maximum absolute atomic E-state index is 12.5.